The Kier molecular flexibility index (Phi) is 7.24. The van der Waals surface area contributed by atoms with Crippen molar-refractivity contribution >= 4 is 35.6 Å². The van der Waals surface area contributed by atoms with Crippen LogP contribution in [0.5, 0.6) is 17.2 Å². The first kappa shape index (κ1) is 21.3. The van der Waals surface area contributed by atoms with E-state index in [2.05, 4.69) is 14.8 Å². The normalized spacial score (nSPS) is 15.8. The number of fused-ring (bicyclic) bond motifs is 1. The lowest BCUT2D eigenvalue weighted by Crippen LogP contribution is -2.51. The molecule has 4 rings (SSSR count). The fourth-order valence-corrected chi connectivity index (χ4v) is 3.24. The highest BCUT2D eigenvalue weighted by atomic mass is 127. The molecule has 1 fully saturated rings. The van der Waals surface area contributed by atoms with Crippen molar-refractivity contribution in [3.63, 3.8) is 0 Å². The van der Waals surface area contributed by atoms with Gasteiger partial charge in [-0.25, -0.2) is 9.38 Å². The summed E-state index contributed by atoms with van der Waals surface area (Å²) in [5, 5.41) is 0. The van der Waals surface area contributed by atoms with Crippen molar-refractivity contribution in [1.29, 1.82) is 0 Å². The molecule has 7 nitrogen and oxygen atoms in total. The number of benzene rings is 2. The predicted molar refractivity (Wildman–Crippen MR) is 120 cm³/mol. The maximum atomic E-state index is 13.1. The lowest BCUT2D eigenvalue weighted by atomic mass is 10.2. The molecular formula is C20H24FIN4O3. The van der Waals surface area contributed by atoms with Crippen molar-refractivity contribution in [2.24, 2.45) is 10.7 Å². The number of halogens is 2. The molecule has 2 aromatic carbocycles. The Morgan fingerprint density at radius 1 is 1.03 bits per heavy atom. The number of rotatable bonds is 5. The van der Waals surface area contributed by atoms with E-state index in [1.165, 1.54) is 12.1 Å². The van der Waals surface area contributed by atoms with Gasteiger partial charge in [0.05, 0.1) is 6.54 Å². The quantitative estimate of drug-likeness (QED) is 0.287. The number of piperazine rings is 1. The van der Waals surface area contributed by atoms with Crippen molar-refractivity contribution in [3.05, 3.63) is 48.3 Å². The van der Waals surface area contributed by atoms with E-state index in [-0.39, 0.29) is 36.6 Å². The molecule has 0 unspecified atom stereocenters. The molecule has 0 aromatic heterocycles. The topological polar surface area (TPSA) is 72.5 Å². The Morgan fingerprint density at radius 2 is 1.76 bits per heavy atom. The van der Waals surface area contributed by atoms with Gasteiger partial charge >= 0.3 is 0 Å². The first-order valence-corrected chi connectivity index (χ1v) is 9.27. The third-order valence-electron chi connectivity index (χ3n) is 4.77. The summed E-state index contributed by atoms with van der Waals surface area (Å²) in [5.41, 5.74) is 7.14. The van der Waals surface area contributed by atoms with E-state index in [4.69, 9.17) is 19.9 Å². The number of anilines is 1. The highest BCUT2D eigenvalue weighted by Gasteiger charge is 2.18. The van der Waals surface area contributed by atoms with Crippen molar-refractivity contribution < 1.29 is 18.6 Å². The van der Waals surface area contributed by atoms with Gasteiger partial charge < -0.3 is 29.7 Å². The fourth-order valence-electron chi connectivity index (χ4n) is 3.24. The largest absolute Gasteiger partial charge is 0.492 e. The minimum atomic E-state index is -0.221. The van der Waals surface area contributed by atoms with Crippen LogP contribution in [-0.4, -0.2) is 57.0 Å². The number of hydrogen-bond acceptors (Lipinski definition) is 5. The maximum Gasteiger partial charge on any atom is 0.231 e. The third-order valence-corrected chi connectivity index (χ3v) is 4.77. The molecule has 0 radical (unpaired) electrons. The number of hydrogen-bond donors (Lipinski definition) is 1. The number of aliphatic imine (C=N–C) groups is 1. The number of guanidine groups is 1. The molecule has 0 bridgehead atoms. The minimum absolute atomic E-state index is 0. The Hall–Kier alpha value is -2.43. The van der Waals surface area contributed by atoms with E-state index in [1.54, 1.807) is 12.1 Å². The molecule has 0 saturated carbocycles. The molecule has 29 heavy (non-hydrogen) atoms. The van der Waals surface area contributed by atoms with Crippen LogP contribution in [0.2, 0.25) is 0 Å². The molecule has 156 valence electrons. The van der Waals surface area contributed by atoms with Gasteiger partial charge in [0.15, 0.2) is 17.5 Å². The van der Waals surface area contributed by atoms with Crippen LogP contribution in [0.3, 0.4) is 0 Å². The first-order valence-electron chi connectivity index (χ1n) is 9.27. The number of ether oxygens (including phenoxy) is 3. The smallest absolute Gasteiger partial charge is 0.231 e. The predicted octanol–water partition coefficient (Wildman–Crippen LogP) is 2.69. The van der Waals surface area contributed by atoms with Crippen LogP contribution < -0.4 is 24.8 Å². The van der Waals surface area contributed by atoms with Crippen LogP contribution in [-0.2, 0) is 0 Å². The van der Waals surface area contributed by atoms with E-state index in [9.17, 15) is 4.39 Å². The second kappa shape index (κ2) is 9.86. The fraction of sp³-hybridized carbons (Fsp3) is 0.350. The van der Waals surface area contributed by atoms with Crippen molar-refractivity contribution in [2.45, 2.75) is 0 Å². The summed E-state index contributed by atoms with van der Waals surface area (Å²) in [5.74, 6) is 2.44. The summed E-state index contributed by atoms with van der Waals surface area (Å²) in [6, 6.07) is 12.1. The summed E-state index contributed by atoms with van der Waals surface area (Å²) in [4.78, 5) is 8.69. The molecule has 9 heteroatoms. The summed E-state index contributed by atoms with van der Waals surface area (Å²) < 4.78 is 29.4. The Morgan fingerprint density at radius 3 is 2.52 bits per heavy atom. The minimum Gasteiger partial charge on any atom is -0.492 e. The Balaban J connectivity index is 0.00000240. The molecule has 2 aromatic rings. The SMILES string of the molecule is I.NC(=NCCOc1ccc2c(c1)OCO2)N1CCN(c2ccc(F)cc2)CC1. The molecule has 0 aliphatic carbocycles. The lowest BCUT2D eigenvalue weighted by Gasteiger charge is -2.36. The van der Waals surface area contributed by atoms with Gasteiger partial charge in [0.25, 0.3) is 0 Å². The van der Waals surface area contributed by atoms with Crippen LogP contribution >= 0.6 is 24.0 Å². The maximum absolute atomic E-state index is 13.1. The summed E-state index contributed by atoms with van der Waals surface area (Å²) in [6.45, 7) is 4.32. The van der Waals surface area contributed by atoms with Gasteiger partial charge in [0.2, 0.25) is 6.79 Å². The third kappa shape index (κ3) is 5.34. The van der Waals surface area contributed by atoms with Crippen LogP contribution in [0.1, 0.15) is 0 Å². The van der Waals surface area contributed by atoms with Gasteiger partial charge in [-0.2, -0.15) is 0 Å². The van der Waals surface area contributed by atoms with Crippen LogP contribution in [0.25, 0.3) is 0 Å². The molecular weight excluding hydrogens is 490 g/mol. The van der Waals surface area contributed by atoms with Crippen molar-refractivity contribution in [1.82, 2.24) is 4.90 Å². The van der Waals surface area contributed by atoms with Gasteiger partial charge in [-0.1, -0.05) is 0 Å². The molecule has 0 spiro atoms. The average molecular weight is 514 g/mol. The zero-order valence-corrected chi connectivity index (χ0v) is 18.3. The lowest BCUT2D eigenvalue weighted by molar-refractivity contribution is 0.173. The van der Waals surface area contributed by atoms with Crippen LogP contribution in [0, 0.1) is 5.82 Å². The molecule has 2 aliphatic rings. The second-order valence-electron chi connectivity index (χ2n) is 6.55. The Bertz CT molecular complexity index is 842. The monoisotopic (exact) mass is 514 g/mol. The molecule has 2 N–H and O–H groups in total. The van der Waals surface area contributed by atoms with E-state index in [1.807, 2.05) is 18.2 Å². The number of nitrogens with zero attached hydrogens (tertiary/aromatic N) is 3. The van der Waals surface area contributed by atoms with E-state index in [0.29, 0.717) is 30.6 Å². The molecule has 0 atom stereocenters. The van der Waals surface area contributed by atoms with E-state index < -0.39 is 0 Å². The summed E-state index contributed by atoms with van der Waals surface area (Å²) in [7, 11) is 0. The van der Waals surface area contributed by atoms with Gasteiger partial charge in [-0.3, -0.25) is 0 Å². The number of nitrogens with two attached hydrogens (primary N) is 1. The van der Waals surface area contributed by atoms with Gasteiger partial charge in [-0.15, -0.1) is 24.0 Å². The second-order valence-corrected chi connectivity index (χ2v) is 6.55. The standard InChI is InChI=1S/C20H23FN4O3.HI/c21-15-1-3-16(4-2-15)24-8-10-25(11-9-24)20(22)23-7-12-26-17-5-6-18-19(13-17)28-14-27-18;/h1-6,13H,7-12,14H2,(H2,22,23);1H. The molecule has 2 heterocycles. The first-order chi connectivity index (χ1) is 13.7. The summed E-state index contributed by atoms with van der Waals surface area (Å²) >= 11 is 0. The average Bonchev–Trinajstić information content (AvgIpc) is 3.20. The van der Waals surface area contributed by atoms with Gasteiger partial charge in [-0.05, 0) is 36.4 Å². The van der Waals surface area contributed by atoms with Crippen molar-refractivity contribution in [2.75, 3.05) is 51.0 Å². The summed E-state index contributed by atoms with van der Waals surface area (Å²) in [6.07, 6.45) is 0. The molecule has 0 amide bonds. The molecule has 2 aliphatic heterocycles. The van der Waals surface area contributed by atoms with E-state index >= 15 is 0 Å². The van der Waals surface area contributed by atoms with Gasteiger partial charge in [0, 0.05) is 37.9 Å². The highest BCUT2D eigenvalue weighted by molar-refractivity contribution is 14.0. The van der Waals surface area contributed by atoms with Crippen LogP contribution in [0.4, 0.5) is 10.1 Å². The van der Waals surface area contributed by atoms with E-state index in [0.717, 1.165) is 37.6 Å². The Labute approximate surface area is 186 Å². The molecule has 1 saturated heterocycles. The zero-order valence-electron chi connectivity index (χ0n) is 15.9. The zero-order chi connectivity index (χ0) is 19.3. The highest BCUT2D eigenvalue weighted by Crippen LogP contribution is 2.35. The van der Waals surface area contributed by atoms with Crippen molar-refractivity contribution in [3.8, 4) is 17.2 Å². The van der Waals surface area contributed by atoms with Gasteiger partial charge in [0.1, 0.15) is 18.2 Å². The van der Waals surface area contributed by atoms with Crippen LogP contribution in [0.15, 0.2) is 47.5 Å².